The standard InChI is InChI=1S/C22H29N11O7/c23-17-11-19(28-5-26-17)32(7-30-11)21-15(37)13(35)9(39-21)3-24-1-2-25-18-12-20(29-6-27-18)33(8-31-12)22-16(38)14(36)10(4-34)40-22/h5-10,13-16,21-22,24,34-38H,1-4H2,(H2,23,26,28)(H,25,27,29)/t9-,10+,13-,14-,15-,16-,21-,22-/m1/s1. The number of nitrogens with one attached hydrogen (secondary N) is 2. The minimum atomic E-state index is -1.27. The zero-order valence-corrected chi connectivity index (χ0v) is 21.0. The molecule has 6 heterocycles. The van der Waals surface area contributed by atoms with Gasteiger partial charge >= 0.3 is 0 Å². The van der Waals surface area contributed by atoms with E-state index in [4.69, 9.17) is 15.2 Å². The number of hydrogen-bond acceptors (Lipinski definition) is 16. The molecule has 40 heavy (non-hydrogen) atoms. The Morgan fingerprint density at radius 1 is 0.750 bits per heavy atom. The fraction of sp³-hybridized carbons (Fsp3) is 0.545. The minimum absolute atomic E-state index is 0.203. The number of rotatable bonds is 9. The second-order valence-electron chi connectivity index (χ2n) is 9.54. The fourth-order valence-corrected chi connectivity index (χ4v) is 4.97. The summed E-state index contributed by atoms with van der Waals surface area (Å²) < 4.78 is 14.5. The van der Waals surface area contributed by atoms with Crippen LogP contribution in [0, 0.1) is 0 Å². The molecule has 0 aromatic carbocycles. The number of aliphatic hydroxyl groups is 5. The van der Waals surface area contributed by atoms with Crippen molar-refractivity contribution in [3.63, 3.8) is 0 Å². The number of nitrogens with two attached hydrogens (primary N) is 1. The quantitative estimate of drug-likeness (QED) is 0.0924. The van der Waals surface area contributed by atoms with Crippen LogP contribution in [0.3, 0.4) is 0 Å². The predicted octanol–water partition coefficient (Wildman–Crippen LogP) is -3.52. The smallest absolute Gasteiger partial charge is 0.167 e. The molecule has 9 N–H and O–H groups in total. The Kier molecular flexibility index (Phi) is 7.15. The molecule has 4 aromatic heterocycles. The van der Waals surface area contributed by atoms with Gasteiger partial charge in [-0.2, -0.15) is 0 Å². The fourth-order valence-electron chi connectivity index (χ4n) is 4.97. The van der Waals surface area contributed by atoms with Gasteiger partial charge in [0.2, 0.25) is 0 Å². The Morgan fingerprint density at radius 3 is 2.02 bits per heavy atom. The summed E-state index contributed by atoms with van der Waals surface area (Å²) in [5.41, 5.74) is 7.40. The Hall–Kier alpha value is -3.62. The van der Waals surface area contributed by atoms with E-state index in [0.717, 1.165) is 0 Å². The van der Waals surface area contributed by atoms with Gasteiger partial charge in [0.15, 0.2) is 40.9 Å². The van der Waals surface area contributed by atoms with Crippen LogP contribution in [-0.4, -0.2) is 127 Å². The zero-order chi connectivity index (χ0) is 28.0. The zero-order valence-electron chi connectivity index (χ0n) is 21.0. The molecule has 2 saturated heterocycles. The number of fused-ring (bicyclic) bond motifs is 2. The first kappa shape index (κ1) is 26.6. The monoisotopic (exact) mass is 559 g/mol. The Bertz CT molecular complexity index is 1480. The third-order valence-electron chi connectivity index (χ3n) is 7.09. The van der Waals surface area contributed by atoms with Crippen molar-refractivity contribution in [1.82, 2.24) is 44.4 Å². The van der Waals surface area contributed by atoms with E-state index in [0.29, 0.717) is 41.2 Å². The lowest BCUT2D eigenvalue weighted by Gasteiger charge is -2.17. The van der Waals surface area contributed by atoms with E-state index in [9.17, 15) is 25.5 Å². The third-order valence-corrected chi connectivity index (χ3v) is 7.09. The van der Waals surface area contributed by atoms with Crippen molar-refractivity contribution in [1.29, 1.82) is 0 Å². The molecule has 0 spiro atoms. The van der Waals surface area contributed by atoms with Gasteiger partial charge in [-0.1, -0.05) is 0 Å². The molecule has 2 aliphatic heterocycles. The molecule has 18 heteroatoms. The van der Waals surface area contributed by atoms with Crippen LogP contribution in [0.1, 0.15) is 12.5 Å². The van der Waals surface area contributed by atoms with Crippen molar-refractivity contribution in [3.05, 3.63) is 25.3 Å². The summed E-state index contributed by atoms with van der Waals surface area (Å²) in [6.45, 7) is 0.679. The second-order valence-corrected chi connectivity index (χ2v) is 9.54. The summed E-state index contributed by atoms with van der Waals surface area (Å²) >= 11 is 0. The highest BCUT2D eigenvalue weighted by Gasteiger charge is 2.45. The van der Waals surface area contributed by atoms with Gasteiger partial charge in [0, 0.05) is 19.6 Å². The van der Waals surface area contributed by atoms with Crippen LogP contribution >= 0.6 is 0 Å². The Morgan fingerprint density at radius 2 is 1.35 bits per heavy atom. The van der Waals surface area contributed by atoms with E-state index >= 15 is 0 Å². The van der Waals surface area contributed by atoms with Crippen molar-refractivity contribution < 1.29 is 35.0 Å². The van der Waals surface area contributed by atoms with Crippen molar-refractivity contribution in [2.24, 2.45) is 0 Å². The maximum Gasteiger partial charge on any atom is 0.167 e. The van der Waals surface area contributed by atoms with Gasteiger partial charge in [0.25, 0.3) is 0 Å². The van der Waals surface area contributed by atoms with Gasteiger partial charge in [0.05, 0.1) is 19.3 Å². The van der Waals surface area contributed by atoms with Crippen LogP contribution < -0.4 is 16.4 Å². The molecule has 0 amide bonds. The number of aromatic nitrogens is 8. The number of aliphatic hydroxyl groups excluding tert-OH is 5. The van der Waals surface area contributed by atoms with E-state index in [1.165, 1.54) is 34.4 Å². The van der Waals surface area contributed by atoms with Gasteiger partial charge in [-0.05, 0) is 0 Å². The molecular weight excluding hydrogens is 530 g/mol. The molecule has 18 nitrogen and oxygen atoms in total. The Balaban J connectivity index is 1.04. The topological polar surface area (TPSA) is 257 Å². The molecule has 6 rings (SSSR count). The SMILES string of the molecule is Nc1ncnc2c1ncn2[C@@H]1O[C@H](CNCCNc2ncnc3c2ncn3[C@@H]2O[C@@H](CO)[C@@H](O)[C@H]2O)[C@@H](O)[C@H]1O. The molecule has 4 aromatic rings. The average molecular weight is 560 g/mol. The second kappa shape index (κ2) is 10.7. The highest BCUT2D eigenvalue weighted by molar-refractivity contribution is 5.83. The molecule has 0 saturated carbocycles. The molecule has 214 valence electrons. The summed E-state index contributed by atoms with van der Waals surface area (Å²) in [7, 11) is 0. The summed E-state index contributed by atoms with van der Waals surface area (Å²) in [6.07, 6.45) is -2.88. The van der Waals surface area contributed by atoms with Crippen LogP contribution in [-0.2, 0) is 9.47 Å². The van der Waals surface area contributed by atoms with E-state index in [2.05, 4.69) is 40.5 Å². The lowest BCUT2D eigenvalue weighted by Crippen LogP contribution is -2.39. The Labute approximate surface area is 225 Å². The molecular formula is C22H29N11O7. The number of imidazole rings is 2. The van der Waals surface area contributed by atoms with Crippen LogP contribution in [0.15, 0.2) is 25.3 Å². The van der Waals surface area contributed by atoms with Gasteiger partial charge in [0.1, 0.15) is 54.8 Å². The molecule has 2 fully saturated rings. The summed E-state index contributed by atoms with van der Waals surface area (Å²) in [5.74, 6) is 0.645. The van der Waals surface area contributed by atoms with Gasteiger partial charge in [-0.15, -0.1) is 0 Å². The van der Waals surface area contributed by atoms with Crippen molar-refractivity contribution in [3.8, 4) is 0 Å². The van der Waals surface area contributed by atoms with Crippen LogP contribution in [0.4, 0.5) is 11.6 Å². The number of anilines is 2. The van der Waals surface area contributed by atoms with Crippen LogP contribution in [0.5, 0.6) is 0 Å². The van der Waals surface area contributed by atoms with Gasteiger partial charge in [-0.25, -0.2) is 29.9 Å². The maximum atomic E-state index is 10.6. The molecule has 8 atom stereocenters. The first-order chi connectivity index (χ1) is 19.4. The average Bonchev–Trinajstić information content (AvgIpc) is 3.71. The highest BCUT2D eigenvalue weighted by Crippen LogP contribution is 2.33. The summed E-state index contributed by atoms with van der Waals surface area (Å²) in [6, 6.07) is 0. The van der Waals surface area contributed by atoms with E-state index in [-0.39, 0.29) is 12.4 Å². The molecule has 2 aliphatic rings. The van der Waals surface area contributed by atoms with Gasteiger partial charge < -0.3 is 51.4 Å². The van der Waals surface area contributed by atoms with E-state index in [1.54, 1.807) is 0 Å². The molecule has 0 bridgehead atoms. The maximum absolute atomic E-state index is 10.6. The predicted molar refractivity (Wildman–Crippen MR) is 135 cm³/mol. The van der Waals surface area contributed by atoms with Crippen molar-refractivity contribution in [2.45, 2.75) is 49.1 Å². The number of ether oxygens (including phenoxy) is 2. The highest BCUT2D eigenvalue weighted by atomic mass is 16.6. The molecule has 0 unspecified atom stereocenters. The molecule has 0 aliphatic carbocycles. The van der Waals surface area contributed by atoms with Crippen LogP contribution in [0.25, 0.3) is 22.3 Å². The normalized spacial score (nSPS) is 30.5. The third kappa shape index (κ3) is 4.49. The number of nitrogen functional groups attached to an aromatic ring is 1. The first-order valence-corrected chi connectivity index (χ1v) is 12.6. The lowest BCUT2D eigenvalue weighted by atomic mass is 10.1. The minimum Gasteiger partial charge on any atom is -0.394 e. The van der Waals surface area contributed by atoms with Crippen molar-refractivity contribution >= 4 is 34.0 Å². The van der Waals surface area contributed by atoms with Crippen molar-refractivity contribution in [2.75, 3.05) is 37.3 Å². The molecule has 0 radical (unpaired) electrons. The summed E-state index contributed by atoms with van der Waals surface area (Å²) in [5, 5.41) is 57.3. The number of hydrogen-bond donors (Lipinski definition) is 8. The summed E-state index contributed by atoms with van der Waals surface area (Å²) in [4.78, 5) is 25.0. The largest absolute Gasteiger partial charge is 0.394 e. The first-order valence-electron chi connectivity index (χ1n) is 12.6. The van der Waals surface area contributed by atoms with E-state index < -0.39 is 55.7 Å². The van der Waals surface area contributed by atoms with Gasteiger partial charge in [-0.3, -0.25) is 9.13 Å². The number of nitrogens with zero attached hydrogens (tertiary/aromatic N) is 8. The lowest BCUT2D eigenvalue weighted by molar-refractivity contribution is -0.0511. The van der Waals surface area contributed by atoms with Crippen LogP contribution in [0.2, 0.25) is 0 Å². The van der Waals surface area contributed by atoms with E-state index in [1.807, 2.05) is 0 Å².